The third-order valence-corrected chi connectivity index (χ3v) is 5.34. The zero-order valence-electron chi connectivity index (χ0n) is 16.1. The van der Waals surface area contributed by atoms with Crippen molar-refractivity contribution in [1.29, 1.82) is 0 Å². The number of ether oxygens (including phenoxy) is 1. The van der Waals surface area contributed by atoms with Crippen LogP contribution in [0.25, 0.3) is 0 Å². The molecule has 0 aromatic carbocycles. The molecule has 2 fully saturated rings. The van der Waals surface area contributed by atoms with E-state index in [-0.39, 0.29) is 23.0 Å². The van der Waals surface area contributed by atoms with Crippen molar-refractivity contribution in [3.05, 3.63) is 12.2 Å². The summed E-state index contributed by atoms with van der Waals surface area (Å²) < 4.78 is 5.54. The van der Waals surface area contributed by atoms with Gasteiger partial charge in [-0.2, -0.15) is 0 Å². The topological polar surface area (TPSA) is 58.6 Å². The number of fused-ring (bicyclic) bond motifs is 1. The molecular formula is C20H34ClNO3. The Morgan fingerprint density at radius 2 is 2.04 bits per heavy atom. The van der Waals surface area contributed by atoms with Crippen molar-refractivity contribution in [3.63, 3.8) is 0 Å². The van der Waals surface area contributed by atoms with Crippen molar-refractivity contribution in [2.45, 2.75) is 64.5 Å². The zero-order valence-corrected chi connectivity index (χ0v) is 16.8. The minimum Gasteiger partial charge on any atom is -0.396 e. The summed E-state index contributed by atoms with van der Waals surface area (Å²) in [6, 6.07) is 0. The Labute approximate surface area is 158 Å². The molecule has 2 N–H and O–H groups in total. The molecule has 3 aliphatic rings. The average Bonchev–Trinajstić information content (AvgIpc) is 2.79. The fraction of sp³-hybridized carbons (Fsp3) is 0.750. The van der Waals surface area contributed by atoms with Crippen molar-refractivity contribution in [2.75, 3.05) is 19.1 Å². The standard InChI is InChI=1S/C9H14ClNO2.C7H12O.C2H6.C2H2/c1-8-5-13-9(8,2)6(3-4-10)7(12)11-8;8-6-7-4-2-1-3-5-7;2*1-2/h6H,3-5H2,1-2H3,(H,11,12);2,4,7-8H,1,3,5-6H2;1-2H3;1-2H/t6-,8+,9+;7-;;/m11../s1. The fourth-order valence-corrected chi connectivity index (χ4v) is 3.54. The van der Waals surface area contributed by atoms with Gasteiger partial charge in [0.15, 0.2) is 0 Å². The predicted octanol–water partition coefficient (Wildman–Crippen LogP) is 3.52. The van der Waals surface area contributed by atoms with Gasteiger partial charge >= 0.3 is 0 Å². The van der Waals surface area contributed by atoms with Gasteiger partial charge in [0.2, 0.25) is 5.91 Å². The number of hydrogen-bond acceptors (Lipinski definition) is 3. The lowest BCUT2D eigenvalue weighted by molar-refractivity contribution is -0.211. The van der Waals surface area contributed by atoms with Gasteiger partial charge in [-0.15, -0.1) is 24.4 Å². The second kappa shape index (κ2) is 11.6. The molecule has 0 aromatic rings. The van der Waals surface area contributed by atoms with Gasteiger partial charge in [-0.3, -0.25) is 4.79 Å². The number of amides is 1. The summed E-state index contributed by atoms with van der Waals surface area (Å²) >= 11 is 5.66. The first-order chi connectivity index (χ1) is 12.0. The Balaban J connectivity index is 0.000000414. The Morgan fingerprint density at radius 3 is 2.36 bits per heavy atom. The predicted molar refractivity (Wildman–Crippen MR) is 105 cm³/mol. The van der Waals surface area contributed by atoms with E-state index in [1.165, 1.54) is 19.3 Å². The number of hydrogen-bond donors (Lipinski definition) is 2. The van der Waals surface area contributed by atoms with Gasteiger partial charge in [-0.05, 0) is 45.4 Å². The highest BCUT2D eigenvalue weighted by Crippen LogP contribution is 2.48. The van der Waals surface area contributed by atoms with Crippen molar-refractivity contribution in [2.24, 2.45) is 11.8 Å². The number of allylic oxidation sites excluding steroid dienone is 1. The normalized spacial score (nSPS) is 34.5. The van der Waals surface area contributed by atoms with E-state index in [0.717, 1.165) is 0 Å². The molecule has 2 aliphatic heterocycles. The first kappa shape index (κ1) is 24.0. The van der Waals surface area contributed by atoms with E-state index in [1.807, 2.05) is 27.7 Å². The van der Waals surface area contributed by atoms with Crippen LogP contribution in [0.5, 0.6) is 0 Å². The van der Waals surface area contributed by atoms with E-state index in [0.29, 0.717) is 31.4 Å². The molecule has 144 valence electrons. The van der Waals surface area contributed by atoms with Crippen LogP contribution in [0, 0.1) is 24.7 Å². The Hall–Kier alpha value is -1.02. The molecule has 4 nitrogen and oxygen atoms in total. The Kier molecular flexibility index (Phi) is 11.1. The first-order valence-electron chi connectivity index (χ1n) is 9.09. The molecule has 2 saturated heterocycles. The Morgan fingerprint density at radius 1 is 1.40 bits per heavy atom. The Bertz CT molecular complexity index is 451. The third kappa shape index (κ3) is 5.48. The summed E-state index contributed by atoms with van der Waals surface area (Å²) in [5.41, 5.74) is -0.500. The van der Waals surface area contributed by atoms with Crippen LogP contribution in [-0.4, -0.2) is 41.2 Å². The third-order valence-electron chi connectivity index (χ3n) is 5.12. The summed E-state index contributed by atoms with van der Waals surface area (Å²) in [4.78, 5) is 11.6. The number of carbonyl (C=O) groups is 1. The minimum absolute atomic E-state index is 0.0799. The largest absolute Gasteiger partial charge is 0.396 e. The molecule has 0 spiro atoms. The smallest absolute Gasteiger partial charge is 0.226 e. The number of rotatable bonds is 3. The van der Waals surface area contributed by atoms with E-state index < -0.39 is 0 Å². The van der Waals surface area contributed by atoms with Gasteiger partial charge in [0, 0.05) is 12.5 Å². The lowest BCUT2D eigenvalue weighted by Gasteiger charge is -2.51. The summed E-state index contributed by atoms with van der Waals surface area (Å²) in [5.74, 6) is 0.975. The van der Waals surface area contributed by atoms with Crippen LogP contribution < -0.4 is 5.32 Å². The van der Waals surface area contributed by atoms with Crippen LogP contribution in [-0.2, 0) is 9.53 Å². The maximum Gasteiger partial charge on any atom is 0.226 e. The van der Waals surface area contributed by atoms with Crippen LogP contribution in [0.15, 0.2) is 12.2 Å². The zero-order chi connectivity index (χ0) is 19.5. The van der Waals surface area contributed by atoms with Crippen molar-refractivity contribution in [1.82, 2.24) is 5.32 Å². The maximum absolute atomic E-state index is 11.6. The van der Waals surface area contributed by atoms with Crippen molar-refractivity contribution in [3.8, 4) is 12.8 Å². The quantitative estimate of drug-likeness (QED) is 0.453. The fourth-order valence-electron chi connectivity index (χ4n) is 3.32. The second-order valence-electron chi connectivity index (χ2n) is 6.55. The maximum atomic E-state index is 11.6. The van der Waals surface area contributed by atoms with Crippen LogP contribution in [0.1, 0.15) is 53.4 Å². The number of carbonyl (C=O) groups excluding carboxylic acids is 1. The first-order valence-corrected chi connectivity index (χ1v) is 9.63. The highest BCUT2D eigenvalue weighted by atomic mass is 35.5. The van der Waals surface area contributed by atoms with Gasteiger partial charge in [0.1, 0.15) is 5.60 Å². The molecule has 1 aliphatic carbocycles. The monoisotopic (exact) mass is 371 g/mol. The molecule has 1 amide bonds. The lowest BCUT2D eigenvalue weighted by Crippen LogP contribution is -2.68. The molecule has 0 radical (unpaired) electrons. The molecule has 0 unspecified atom stereocenters. The molecule has 3 rings (SSSR count). The van der Waals surface area contributed by atoms with E-state index >= 15 is 0 Å². The SMILES string of the molecule is C#C.CC.C[C@@]12OC[C@]1(C)NC(=O)[C@H]2CCCl.OC[C@@H]1C=CCCC1. The van der Waals surface area contributed by atoms with E-state index in [4.69, 9.17) is 21.4 Å². The highest BCUT2D eigenvalue weighted by molar-refractivity contribution is 6.18. The van der Waals surface area contributed by atoms with Crippen LogP contribution in [0.2, 0.25) is 0 Å². The summed E-state index contributed by atoms with van der Waals surface area (Å²) in [6.45, 7) is 8.97. The molecule has 0 aromatic heterocycles. The number of nitrogens with one attached hydrogen (secondary N) is 1. The summed E-state index contributed by atoms with van der Waals surface area (Å²) in [7, 11) is 0. The summed E-state index contributed by atoms with van der Waals surface area (Å²) in [5, 5.41) is 11.6. The van der Waals surface area contributed by atoms with Crippen molar-refractivity contribution < 1.29 is 14.6 Å². The second-order valence-corrected chi connectivity index (χ2v) is 6.93. The number of halogens is 1. The molecule has 4 atom stereocenters. The number of alkyl halides is 1. The molecule has 5 heteroatoms. The molecular weight excluding hydrogens is 338 g/mol. The van der Waals surface area contributed by atoms with E-state index in [2.05, 4.69) is 30.3 Å². The number of aliphatic hydroxyl groups is 1. The van der Waals surface area contributed by atoms with E-state index in [9.17, 15) is 4.79 Å². The van der Waals surface area contributed by atoms with Crippen LogP contribution in [0.3, 0.4) is 0 Å². The molecule has 2 heterocycles. The molecule has 0 saturated carbocycles. The van der Waals surface area contributed by atoms with Crippen LogP contribution >= 0.6 is 11.6 Å². The van der Waals surface area contributed by atoms with Gasteiger partial charge in [0.25, 0.3) is 0 Å². The van der Waals surface area contributed by atoms with Gasteiger partial charge in [-0.1, -0.05) is 26.0 Å². The van der Waals surface area contributed by atoms with Gasteiger partial charge < -0.3 is 15.2 Å². The molecule has 25 heavy (non-hydrogen) atoms. The molecule has 0 bridgehead atoms. The summed E-state index contributed by atoms with van der Waals surface area (Å²) in [6.07, 6.45) is 16.6. The van der Waals surface area contributed by atoms with Gasteiger partial charge in [-0.25, -0.2) is 0 Å². The van der Waals surface area contributed by atoms with E-state index in [1.54, 1.807) is 0 Å². The minimum atomic E-state index is -0.334. The average molecular weight is 372 g/mol. The number of aliphatic hydroxyl groups excluding tert-OH is 1. The van der Waals surface area contributed by atoms with Crippen molar-refractivity contribution >= 4 is 17.5 Å². The number of terminal acetylenes is 1. The lowest BCUT2D eigenvalue weighted by atomic mass is 9.73. The highest BCUT2D eigenvalue weighted by Gasteiger charge is 2.66. The van der Waals surface area contributed by atoms with Gasteiger partial charge in [0.05, 0.1) is 18.1 Å². The van der Waals surface area contributed by atoms with Crippen LogP contribution in [0.4, 0.5) is 0 Å².